The predicted octanol–water partition coefficient (Wildman–Crippen LogP) is 3.36. The van der Waals surface area contributed by atoms with E-state index in [0.29, 0.717) is 5.82 Å². The minimum atomic E-state index is -0.396. The molecular weight excluding hydrogens is 358 g/mol. The first-order valence-corrected chi connectivity index (χ1v) is 8.90. The van der Waals surface area contributed by atoms with E-state index in [1.165, 1.54) is 0 Å². The molecule has 23 heavy (non-hydrogen) atoms. The van der Waals surface area contributed by atoms with Crippen molar-refractivity contribution in [3.63, 3.8) is 0 Å². The van der Waals surface area contributed by atoms with Gasteiger partial charge in [0, 0.05) is 29.5 Å². The van der Waals surface area contributed by atoms with Gasteiger partial charge in [-0.2, -0.15) is 0 Å². The number of morpholine rings is 1. The van der Waals surface area contributed by atoms with Crippen LogP contribution >= 0.6 is 15.9 Å². The molecule has 1 aliphatic heterocycles. The highest BCUT2D eigenvalue weighted by Gasteiger charge is 2.26. The van der Waals surface area contributed by atoms with Crippen molar-refractivity contribution in [2.45, 2.75) is 40.7 Å². The van der Waals surface area contributed by atoms with Crippen molar-refractivity contribution in [1.82, 2.24) is 9.88 Å². The molecule has 6 heteroatoms. The van der Waals surface area contributed by atoms with Gasteiger partial charge in [0.1, 0.15) is 5.82 Å². The molecule has 2 rings (SSSR count). The molecule has 1 N–H and O–H groups in total. The van der Waals surface area contributed by atoms with Gasteiger partial charge in [0.15, 0.2) is 0 Å². The van der Waals surface area contributed by atoms with E-state index in [1.54, 1.807) is 0 Å². The average molecular weight is 384 g/mol. The molecule has 0 bridgehead atoms. The summed E-state index contributed by atoms with van der Waals surface area (Å²) in [6, 6.07) is 1.97. The Morgan fingerprint density at radius 2 is 2.09 bits per heavy atom. The molecule has 0 spiro atoms. The highest BCUT2D eigenvalue weighted by molar-refractivity contribution is 9.10. The van der Waals surface area contributed by atoms with Crippen LogP contribution in [0.1, 0.15) is 38.4 Å². The van der Waals surface area contributed by atoms with Crippen molar-refractivity contribution in [2.75, 3.05) is 31.6 Å². The number of anilines is 1. The number of amides is 1. The zero-order chi connectivity index (χ0) is 17.0. The van der Waals surface area contributed by atoms with Gasteiger partial charge in [-0.05, 0) is 40.9 Å². The van der Waals surface area contributed by atoms with E-state index in [-0.39, 0.29) is 5.91 Å². The van der Waals surface area contributed by atoms with Gasteiger partial charge >= 0.3 is 0 Å². The summed E-state index contributed by atoms with van der Waals surface area (Å²) < 4.78 is 6.41. The van der Waals surface area contributed by atoms with Crippen LogP contribution in [0.5, 0.6) is 0 Å². The number of halogens is 1. The Hall–Kier alpha value is -0.980. The number of carbonyl (C=O) groups excluding carboxylic acids is 1. The van der Waals surface area contributed by atoms with Gasteiger partial charge in [0.25, 0.3) is 0 Å². The predicted molar refractivity (Wildman–Crippen MR) is 95.5 cm³/mol. The Kier molecular flexibility index (Phi) is 6.17. The first kappa shape index (κ1) is 18.4. The number of hydrogen-bond acceptors (Lipinski definition) is 4. The zero-order valence-corrected chi connectivity index (χ0v) is 16.0. The Bertz CT molecular complexity index is 569. The molecule has 5 nitrogen and oxygen atoms in total. The van der Waals surface area contributed by atoms with Crippen LogP contribution in [0.2, 0.25) is 0 Å². The second-order valence-electron chi connectivity index (χ2n) is 6.65. The van der Waals surface area contributed by atoms with Gasteiger partial charge in [-0.25, -0.2) is 4.98 Å². The third kappa shape index (κ3) is 4.75. The van der Waals surface area contributed by atoms with Gasteiger partial charge in [-0.1, -0.05) is 20.8 Å². The second kappa shape index (κ2) is 7.73. The minimum Gasteiger partial charge on any atom is -0.379 e. The number of nitrogens with zero attached hydrogens (tertiary/aromatic N) is 2. The molecule has 1 aliphatic rings. The summed E-state index contributed by atoms with van der Waals surface area (Å²) in [6.07, 6.45) is 0.787. The van der Waals surface area contributed by atoms with Crippen LogP contribution in [0.15, 0.2) is 10.5 Å². The quantitative estimate of drug-likeness (QED) is 0.846. The lowest BCUT2D eigenvalue weighted by molar-refractivity contribution is -0.124. The third-order valence-electron chi connectivity index (χ3n) is 4.44. The molecule has 1 fully saturated rings. The number of aromatic nitrogens is 1. The largest absolute Gasteiger partial charge is 0.379 e. The number of nitrogens with one attached hydrogen (secondary N) is 1. The number of hydrogen-bond donors (Lipinski definition) is 1. The smallest absolute Gasteiger partial charge is 0.231 e. The molecule has 1 aromatic heterocycles. The van der Waals surface area contributed by atoms with Crippen LogP contribution in [0.25, 0.3) is 0 Å². The number of aryl methyl sites for hydroxylation is 1. The van der Waals surface area contributed by atoms with E-state index in [4.69, 9.17) is 4.74 Å². The second-order valence-corrected chi connectivity index (χ2v) is 7.44. The van der Waals surface area contributed by atoms with Gasteiger partial charge in [0.2, 0.25) is 5.91 Å². The average Bonchev–Trinajstić information content (AvgIpc) is 2.53. The summed E-state index contributed by atoms with van der Waals surface area (Å²) in [4.78, 5) is 19.2. The van der Waals surface area contributed by atoms with Crippen molar-refractivity contribution in [3.05, 3.63) is 21.8 Å². The van der Waals surface area contributed by atoms with E-state index in [0.717, 1.165) is 55.0 Å². The summed E-state index contributed by atoms with van der Waals surface area (Å²) in [7, 11) is 0. The summed E-state index contributed by atoms with van der Waals surface area (Å²) in [5.41, 5.74) is 1.64. The SMILES string of the molecule is CCC(C)(C)C(=O)Nc1cc(CN2CCOCC2)c(Br)c(C)n1. The van der Waals surface area contributed by atoms with Crippen LogP contribution in [-0.2, 0) is 16.1 Å². The van der Waals surface area contributed by atoms with Crippen molar-refractivity contribution in [1.29, 1.82) is 0 Å². The molecule has 0 atom stereocenters. The van der Waals surface area contributed by atoms with Crippen LogP contribution in [0.4, 0.5) is 5.82 Å². The number of ether oxygens (including phenoxy) is 1. The van der Waals surface area contributed by atoms with E-state index < -0.39 is 5.41 Å². The highest BCUT2D eigenvalue weighted by atomic mass is 79.9. The Morgan fingerprint density at radius 1 is 1.43 bits per heavy atom. The van der Waals surface area contributed by atoms with Gasteiger partial charge in [0.05, 0.1) is 18.9 Å². The summed E-state index contributed by atoms with van der Waals surface area (Å²) >= 11 is 3.63. The van der Waals surface area contributed by atoms with Crippen molar-refractivity contribution >= 4 is 27.7 Å². The van der Waals surface area contributed by atoms with Crippen LogP contribution < -0.4 is 5.32 Å². The summed E-state index contributed by atoms with van der Waals surface area (Å²) in [6.45, 7) is 12.1. The number of pyridine rings is 1. The highest BCUT2D eigenvalue weighted by Crippen LogP contribution is 2.27. The molecule has 1 saturated heterocycles. The van der Waals surface area contributed by atoms with Gasteiger partial charge < -0.3 is 10.1 Å². The number of carbonyl (C=O) groups is 1. The van der Waals surface area contributed by atoms with E-state index in [1.807, 2.05) is 33.8 Å². The standard InChI is InChI=1S/C17H26BrN3O2/c1-5-17(3,4)16(22)20-14-10-13(15(18)12(2)19-14)11-21-6-8-23-9-7-21/h10H,5-9,11H2,1-4H3,(H,19,20,22). The fourth-order valence-electron chi connectivity index (χ4n) is 2.35. The van der Waals surface area contributed by atoms with Crippen LogP contribution in [-0.4, -0.2) is 42.1 Å². The molecule has 0 radical (unpaired) electrons. The van der Waals surface area contributed by atoms with Crippen molar-refractivity contribution in [3.8, 4) is 0 Å². The zero-order valence-electron chi connectivity index (χ0n) is 14.4. The van der Waals surface area contributed by atoms with E-state index >= 15 is 0 Å². The maximum absolute atomic E-state index is 12.4. The van der Waals surface area contributed by atoms with E-state index in [2.05, 4.69) is 31.1 Å². The maximum Gasteiger partial charge on any atom is 0.231 e. The molecule has 128 valence electrons. The normalized spacial score (nSPS) is 16.4. The first-order valence-electron chi connectivity index (χ1n) is 8.11. The Morgan fingerprint density at radius 3 is 2.70 bits per heavy atom. The fraction of sp³-hybridized carbons (Fsp3) is 0.647. The maximum atomic E-state index is 12.4. The monoisotopic (exact) mass is 383 g/mol. The molecular formula is C17H26BrN3O2. The molecule has 1 aromatic rings. The van der Waals surface area contributed by atoms with Crippen molar-refractivity contribution in [2.24, 2.45) is 5.41 Å². The lowest BCUT2D eigenvalue weighted by Crippen LogP contribution is -2.36. The fourth-order valence-corrected chi connectivity index (χ4v) is 2.68. The Balaban J connectivity index is 2.16. The molecule has 0 unspecified atom stereocenters. The molecule has 1 amide bonds. The molecule has 0 aromatic carbocycles. The Labute approximate surface area is 146 Å². The molecule has 0 saturated carbocycles. The first-order chi connectivity index (χ1) is 10.8. The summed E-state index contributed by atoms with van der Waals surface area (Å²) in [5, 5.41) is 2.96. The topological polar surface area (TPSA) is 54.5 Å². The third-order valence-corrected chi connectivity index (χ3v) is 5.52. The minimum absolute atomic E-state index is 0.00606. The summed E-state index contributed by atoms with van der Waals surface area (Å²) in [5.74, 6) is 0.632. The van der Waals surface area contributed by atoms with Gasteiger partial charge in [-0.3, -0.25) is 9.69 Å². The number of rotatable bonds is 5. The van der Waals surface area contributed by atoms with Gasteiger partial charge in [-0.15, -0.1) is 0 Å². The van der Waals surface area contributed by atoms with Crippen molar-refractivity contribution < 1.29 is 9.53 Å². The van der Waals surface area contributed by atoms with Crippen LogP contribution in [0.3, 0.4) is 0 Å². The molecule has 2 heterocycles. The van der Waals surface area contributed by atoms with E-state index in [9.17, 15) is 4.79 Å². The molecule has 0 aliphatic carbocycles. The lowest BCUT2D eigenvalue weighted by atomic mass is 9.89. The lowest BCUT2D eigenvalue weighted by Gasteiger charge is -2.27. The van der Waals surface area contributed by atoms with Crippen LogP contribution in [0, 0.1) is 12.3 Å².